The molecule has 1 atom stereocenters. The zero-order valence-corrected chi connectivity index (χ0v) is 12.7. The molecule has 5 heteroatoms. The van der Waals surface area contributed by atoms with Crippen LogP contribution in [-0.2, 0) is 35.3 Å². The summed E-state index contributed by atoms with van der Waals surface area (Å²) in [6.45, 7) is 6.99. The van der Waals surface area contributed by atoms with Crippen LogP contribution in [0.25, 0.3) is 0 Å². The summed E-state index contributed by atoms with van der Waals surface area (Å²) in [5.41, 5.74) is 0.328. The van der Waals surface area contributed by atoms with Gasteiger partial charge >= 0.3 is 0 Å². The summed E-state index contributed by atoms with van der Waals surface area (Å²) in [7, 11) is 2.73. The Labute approximate surface area is 108 Å². The van der Waals surface area contributed by atoms with Crippen molar-refractivity contribution in [1.29, 1.82) is 0 Å². The molecule has 2 saturated heterocycles. The van der Waals surface area contributed by atoms with E-state index in [0.717, 1.165) is 26.9 Å². The first-order valence-electron chi connectivity index (χ1n) is 5.09. The summed E-state index contributed by atoms with van der Waals surface area (Å²) in [4.78, 5) is 0. The van der Waals surface area contributed by atoms with Gasteiger partial charge < -0.3 is 19.3 Å². The van der Waals surface area contributed by atoms with E-state index in [9.17, 15) is 0 Å². The van der Waals surface area contributed by atoms with Crippen LogP contribution in [0, 0.1) is 12.0 Å². The molecule has 0 spiro atoms. The van der Waals surface area contributed by atoms with Gasteiger partial charge in [0.25, 0.3) is 0 Å². The minimum atomic E-state index is 0. The first kappa shape index (κ1) is 15.5. The van der Waals surface area contributed by atoms with Crippen molar-refractivity contribution in [2.75, 3.05) is 34.0 Å². The third kappa shape index (κ3) is 9.46. The number of hydrogen-bond acceptors (Lipinski definition) is 4. The Morgan fingerprint density at radius 3 is 2.07 bits per heavy atom. The van der Waals surface area contributed by atoms with Gasteiger partial charge in [0.15, 0.2) is 0 Å². The van der Waals surface area contributed by atoms with Crippen LogP contribution in [-0.4, -0.2) is 45.3 Å². The molecule has 4 nitrogen and oxygen atoms in total. The van der Waals surface area contributed by atoms with Crippen molar-refractivity contribution >= 4 is 0 Å². The predicted octanol–water partition coefficient (Wildman–Crippen LogP) is 0.842. The second kappa shape index (κ2) is 9.73. The smallest absolute Gasteiger partial charge is 0.0564 e. The van der Waals surface area contributed by atoms with Crippen LogP contribution in [0.3, 0.4) is 0 Å². The Morgan fingerprint density at radius 2 is 2.00 bits per heavy atom. The van der Waals surface area contributed by atoms with Crippen LogP contribution < -0.4 is 0 Å². The van der Waals surface area contributed by atoms with Gasteiger partial charge in [-0.15, -0.1) is 0 Å². The van der Waals surface area contributed by atoms with Crippen LogP contribution in [0.1, 0.15) is 15.2 Å². The van der Waals surface area contributed by atoms with Crippen molar-refractivity contribution in [3.63, 3.8) is 0 Å². The second-order valence-electron chi connectivity index (χ2n) is 3.61. The third-order valence-electron chi connectivity index (χ3n) is 1.75. The Bertz CT molecular complexity index is 161. The largest absolute Gasteiger partial charge is 0.570 e. The molecular weight excluding hydrogens is 368 g/mol. The molecule has 0 radical (unpaired) electrons. The van der Waals surface area contributed by atoms with E-state index < -0.39 is 0 Å². The average Bonchev–Trinajstić information content (AvgIpc) is 2.82. The Morgan fingerprint density at radius 1 is 1.60 bits per heavy atom. The minimum absolute atomic E-state index is 0. The fraction of sp³-hybridized carbons (Fsp3) is 0.900. The molecule has 15 heavy (non-hydrogen) atoms. The van der Waals surface area contributed by atoms with E-state index in [-0.39, 0.29) is 27.2 Å². The van der Waals surface area contributed by atoms with Gasteiger partial charge in [0.1, 0.15) is 0 Å². The van der Waals surface area contributed by atoms with Crippen LogP contribution in [0.4, 0.5) is 0 Å². The molecule has 0 aromatic heterocycles. The second-order valence-corrected chi connectivity index (χ2v) is 3.61. The maximum atomic E-state index is 7.00. The fourth-order valence-corrected chi connectivity index (χ4v) is 0.950. The summed E-state index contributed by atoms with van der Waals surface area (Å²) >= 11 is 0. The van der Waals surface area contributed by atoms with Gasteiger partial charge in [-0.05, 0) is 0 Å². The quantitative estimate of drug-likeness (QED) is 0.561. The molecule has 0 amide bonds. The van der Waals surface area contributed by atoms with Gasteiger partial charge in [-0.3, -0.25) is 0 Å². The molecule has 0 bridgehead atoms. The van der Waals surface area contributed by atoms with Crippen molar-refractivity contribution in [1.82, 2.24) is 0 Å². The molecule has 2 aliphatic rings. The monoisotopic (exact) mass is 390 g/mol. The van der Waals surface area contributed by atoms with Crippen molar-refractivity contribution in [2.24, 2.45) is 5.41 Å². The summed E-state index contributed by atoms with van der Waals surface area (Å²) < 4.78 is 21.1. The number of ether oxygens (including phenoxy) is 3. The van der Waals surface area contributed by atoms with Crippen molar-refractivity contribution in [3.05, 3.63) is 6.58 Å². The maximum Gasteiger partial charge on any atom is 0.0564 e. The Kier molecular flexibility index (Phi) is 10.1. The van der Waals surface area contributed by atoms with Crippen LogP contribution >= 0.6 is 0 Å². The first-order valence-corrected chi connectivity index (χ1v) is 4.59. The number of rotatable bonds is 2. The molecule has 0 aliphatic carbocycles. The third-order valence-corrected chi connectivity index (χ3v) is 1.75. The summed E-state index contributed by atoms with van der Waals surface area (Å²) in [5.74, 6) is 0. The molecule has 1 unspecified atom stereocenters. The standard InChI is InChI=1S/C6H12O2.C3H5O.CH4O.W/c1-6(3-7-2)4-8-5-6;1-3-2-4-3;1-2;/h3-5H2,1-2H3;2-3H,1H3;2H,1H3;/q;-1;;/i;2D;;. The topological polar surface area (TPSA) is 51.2 Å². The summed E-state index contributed by atoms with van der Waals surface area (Å²) in [5, 5.41) is 7.00. The molecule has 0 saturated carbocycles. The van der Waals surface area contributed by atoms with Gasteiger partial charge in [-0.2, -0.15) is 7.95 Å². The van der Waals surface area contributed by atoms with E-state index in [4.69, 9.17) is 16.0 Å². The van der Waals surface area contributed by atoms with Gasteiger partial charge in [0.2, 0.25) is 0 Å². The van der Waals surface area contributed by atoms with E-state index in [1.807, 2.05) is 6.92 Å². The van der Waals surface area contributed by atoms with Crippen molar-refractivity contribution in [2.45, 2.75) is 20.0 Å². The van der Waals surface area contributed by atoms with Crippen molar-refractivity contribution in [3.8, 4) is 0 Å². The normalized spacial score (nSPS) is 26.5. The van der Waals surface area contributed by atoms with E-state index in [0.29, 0.717) is 12.0 Å². The molecule has 0 aromatic rings. The van der Waals surface area contributed by atoms with Crippen LogP contribution in [0.2, 0.25) is 0 Å². The Hall–Kier alpha value is 0.528. The van der Waals surface area contributed by atoms with Crippen molar-refractivity contribution < 1.29 is 41.8 Å². The molecule has 0 aromatic carbocycles. The average molecular weight is 390 g/mol. The molecule has 1 N–H and O–H groups in total. The van der Waals surface area contributed by atoms with E-state index in [1.54, 1.807) is 7.11 Å². The zero-order valence-electron chi connectivity index (χ0n) is 10.8. The molecule has 2 fully saturated rings. The molecule has 92 valence electrons. The SMILES string of the molecule is CO.COCC1(C)COC1.[2H][C-]1OC1C.[W]. The van der Waals surface area contributed by atoms with Crippen LogP contribution in [0.5, 0.6) is 0 Å². The molecule has 2 rings (SSSR count). The van der Waals surface area contributed by atoms with E-state index in [1.165, 1.54) is 0 Å². The fourth-order valence-electron chi connectivity index (χ4n) is 0.950. The Balaban J connectivity index is 0. The van der Waals surface area contributed by atoms with Crippen LogP contribution in [0.15, 0.2) is 0 Å². The van der Waals surface area contributed by atoms with Gasteiger partial charge in [0.05, 0.1) is 19.8 Å². The first-order chi connectivity index (χ1) is 7.07. The van der Waals surface area contributed by atoms with E-state index >= 15 is 0 Å². The summed E-state index contributed by atoms with van der Waals surface area (Å²) in [6.07, 6.45) is 0.134. The predicted molar refractivity (Wildman–Crippen MR) is 53.8 cm³/mol. The summed E-state index contributed by atoms with van der Waals surface area (Å²) in [6, 6.07) is 0. The molecule has 2 aliphatic heterocycles. The minimum Gasteiger partial charge on any atom is -0.570 e. The number of aliphatic hydroxyl groups excluding tert-OH is 1. The zero-order chi connectivity index (χ0) is 11.9. The number of hydrogen-bond donors (Lipinski definition) is 1. The van der Waals surface area contributed by atoms with E-state index in [2.05, 4.69) is 11.7 Å². The van der Waals surface area contributed by atoms with Gasteiger partial charge in [-0.25, -0.2) is 0 Å². The molecule has 2 heterocycles. The number of aliphatic hydroxyl groups is 1. The maximum absolute atomic E-state index is 7.00. The van der Waals surface area contributed by atoms with Gasteiger partial charge in [-0.1, -0.05) is 20.0 Å². The molecular formula is C10H21O4W-. The number of epoxide rings is 1. The number of methoxy groups -OCH3 is 1. The van der Waals surface area contributed by atoms with Gasteiger partial charge in [0, 0.05) is 40.7 Å².